The van der Waals surface area contributed by atoms with E-state index in [9.17, 15) is 9.59 Å². The Labute approximate surface area is 189 Å². The Hall–Kier alpha value is -1.50. The number of amides is 2. The standard InChI is InChI=1S/C20H19Cl4N3O2/c21-15-3-1-13(9-17(15)23)25-19(28)11-27-7-5-12(6-8-27)20(29)26-14-2-4-16(22)18(24)10-14/h1-4,9-10,12H,5-8,11H2,(H,25,28)(H,26,29). The first kappa shape index (κ1) is 22.2. The number of benzene rings is 2. The number of hydrogen-bond donors (Lipinski definition) is 2. The van der Waals surface area contributed by atoms with E-state index in [2.05, 4.69) is 10.6 Å². The van der Waals surface area contributed by atoms with E-state index < -0.39 is 0 Å². The number of likely N-dealkylation sites (tertiary alicyclic amines) is 1. The molecule has 154 valence electrons. The van der Waals surface area contributed by atoms with Crippen molar-refractivity contribution in [3.05, 3.63) is 56.5 Å². The highest BCUT2D eigenvalue weighted by molar-refractivity contribution is 6.42. The summed E-state index contributed by atoms with van der Waals surface area (Å²) in [5.74, 6) is -0.302. The van der Waals surface area contributed by atoms with Crippen LogP contribution in [0.25, 0.3) is 0 Å². The van der Waals surface area contributed by atoms with Gasteiger partial charge in [0.1, 0.15) is 0 Å². The van der Waals surface area contributed by atoms with Gasteiger partial charge in [-0.05, 0) is 62.3 Å². The number of carbonyl (C=O) groups excluding carboxylic acids is 2. The number of carbonyl (C=O) groups is 2. The molecule has 1 aliphatic heterocycles. The average molecular weight is 475 g/mol. The van der Waals surface area contributed by atoms with Crippen molar-refractivity contribution in [2.45, 2.75) is 12.8 Å². The van der Waals surface area contributed by atoms with Crippen molar-refractivity contribution >= 4 is 69.6 Å². The summed E-state index contributed by atoms with van der Waals surface area (Å²) in [6.45, 7) is 1.57. The van der Waals surface area contributed by atoms with Crippen molar-refractivity contribution in [3.63, 3.8) is 0 Å². The zero-order chi connectivity index (χ0) is 21.0. The van der Waals surface area contributed by atoms with Crippen LogP contribution in [-0.4, -0.2) is 36.3 Å². The minimum absolute atomic E-state index is 0.0525. The predicted molar refractivity (Wildman–Crippen MR) is 119 cm³/mol. The molecule has 2 aromatic carbocycles. The normalized spacial score (nSPS) is 15.2. The summed E-state index contributed by atoms with van der Waals surface area (Å²) in [4.78, 5) is 26.8. The lowest BCUT2D eigenvalue weighted by atomic mass is 9.96. The number of hydrogen-bond acceptors (Lipinski definition) is 3. The monoisotopic (exact) mass is 473 g/mol. The number of anilines is 2. The molecule has 5 nitrogen and oxygen atoms in total. The van der Waals surface area contributed by atoms with Crippen molar-refractivity contribution in [2.24, 2.45) is 5.92 Å². The summed E-state index contributed by atoms with van der Waals surface area (Å²) in [7, 11) is 0. The minimum Gasteiger partial charge on any atom is -0.326 e. The number of rotatable bonds is 5. The molecular formula is C20H19Cl4N3O2. The second kappa shape index (κ2) is 10.0. The van der Waals surface area contributed by atoms with Gasteiger partial charge in [0.25, 0.3) is 0 Å². The van der Waals surface area contributed by atoms with Crippen LogP contribution in [0.4, 0.5) is 11.4 Å². The van der Waals surface area contributed by atoms with Crippen LogP contribution in [0.5, 0.6) is 0 Å². The van der Waals surface area contributed by atoms with Gasteiger partial charge in [-0.3, -0.25) is 14.5 Å². The van der Waals surface area contributed by atoms with Crippen LogP contribution in [-0.2, 0) is 9.59 Å². The first-order valence-electron chi connectivity index (χ1n) is 9.05. The Morgan fingerprint density at radius 2 is 1.34 bits per heavy atom. The summed E-state index contributed by atoms with van der Waals surface area (Å²) >= 11 is 23.7. The molecule has 0 bridgehead atoms. The summed E-state index contributed by atoms with van der Waals surface area (Å²) in [5.41, 5.74) is 1.22. The van der Waals surface area contributed by atoms with Gasteiger partial charge in [0.05, 0.1) is 26.6 Å². The molecule has 0 unspecified atom stereocenters. The molecule has 2 N–H and O–H groups in total. The smallest absolute Gasteiger partial charge is 0.238 e. The van der Waals surface area contributed by atoms with Gasteiger partial charge in [-0.25, -0.2) is 0 Å². The van der Waals surface area contributed by atoms with Gasteiger partial charge in [-0.1, -0.05) is 46.4 Å². The molecule has 1 fully saturated rings. The highest BCUT2D eigenvalue weighted by Gasteiger charge is 2.26. The highest BCUT2D eigenvalue weighted by Crippen LogP contribution is 2.27. The van der Waals surface area contributed by atoms with E-state index in [0.717, 1.165) is 0 Å². The lowest BCUT2D eigenvalue weighted by Gasteiger charge is -2.30. The second-order valence-electron chi connectivity index (χ2n) is 6.85. The molecule has 1 saturated heterocycles. The zero-order valence-corrected chi connectivity index (χ0v) is 18.4. The van der Waals surface area contributed by atoms with E-state index in [0.29, 0.717) is 57.4 Å². The van der Waals surface area contributed by atoms with Gasteiger partial charge in [-0.15, -0.1) is 0 Å². The van der Waals surface area contributed by atoms with Gasteiger partial charge in [0, 0.05) is 17.3 Å². The first-order valence-corrected chi connectivity index (χ1v) is 10.6. The Kier molecular flexibility index (Phi) is 7.66. The van der Waals surface area contributed by atoms with Gasteiger partial charge in [-0.2, -0.15) is 0 Å². The first-order chi connectivity index (χ1) is 13.8. The topological polar surface area (TPSA) is 61.4 Å². The van der Waals surface area contributed by atoms with Crippen molar-refractivity contribution < 1.29 is 9.59 Å². The van der Waals surface area contributed by atoms with Gasteiger partial charge in [0.15, 0.2) is 0 Å². The van der Waals surface area contributed by atoms with E-state index in [1.54, 1.807) is 36.4 Å². The van der Waals surface area contributed by atoms with Crippen molar-refractivity contribution in [3.8, 4) is 0 Å². The zero-order valence-electron chi connectivity index (χ0n) is 15.4. The van der Waals surface area contributed by atoms with Gasteiger partial charge in [0.2, 0.25) is 11.8 Å². The molecule has 3 rings (SSSR count). The number of nitrogens with one attached hydrogen (secondary N) is 2. The van der Waals surface area contributed by atoms with Crippen LogP contribution in [0.1, 0.15) is 12.8 Å². The molecule has 9 heteroatoms. The maximum atomic E-state index is 12.5. The molecule has 0 atom stereocenters. The molecule has 0 spiro atoms. The van der Waals surface area contributed by atoms with Gasteiger partial charge >= 0.3 is 0 Å². The lowest BCUT2D eigenvalue weighted by Crippen LogP contribution is -2.41. The Morgan fingerprint density at radius 1 is 0.828 bits per heavy atom. The van der Waals surface area contributed by atoms with Crippen molar-refractivity contribution in [1.29, 1.82) is 0 Å². The minimum atomic E-state index is -0.137. The Bertz CT molecular complexity index is 915. The van der Waals surface area contributed by atoms with E-state index in [1.165, 1.54) is 0 Å². The third-order valence-corrected chi connectivity index (χ3v) is 6.19. The van der Waals surface area contributed by atoms with Crippen LogP contribution in [0.2, 0.25) is 20.1 Å². The fourth-order valence-electron chi connectivity index (χ4n) is 3.15. The van der Waals surface area contributed by atoms with Crippen LogP contribution in [0.3, 0.4) is 0 Å². The molecule has 1 heterocycles. The summed E-state index contributed by atoms with van der Waals surface area (Å²) < 4.78 is 0. The maximum Gasteiger partial charge on any atom is 0.238 e. The fourth-order valence-corrected chi connectivity index (χ4v) is 3.75. The largest absolute Gasteiger partial charge is 0.326 e. The maximum absolute atomic E-state index is 12.5. The molecule has 0 saturated carbocycles. The summed E-state index contributed by atoms with van der Waals surface area (Å²) in [6.07, 6.45) is 1.35. The predicted octanol–water partition coefficient (Wildman–Crippen LogP) is 5.59. The highest BCUT2D eigenvalue weighted by atomic mass is 35.5. The second-order valence-corrected chi connectivity index (χ2v) is 8.47. The molecule has 1 aliphatic rings. The quantitative estimate of drug-likeness (QED) is 0.593. The van der Waals surface area contributed by atoms with Crippen LogP contribution in [0, 0.1) is 5.92 Å². The Balaban J connectivity index is 1.45. The van der Waals surface area contributed by atoms with Crippen LogP contribution < -0.4 is 10.6 Å². The molecule has 2 aromatic rings. The number of halogens is 4. The van der Waals surface area contributed by atoms with E-state index in [-0.39, 0.29) is 24.3 Å². The van der Waals surface area contributed by atoms with E-state index in [4.69, 9.17) is 46.4 Å². The lowest BCUT2D eigenvalue weighted by molar-refractivity contribution is -0.121. The fraction of sp³-hybridized carbons (Fsp3) is 0.300. The van der Waals surface area contributed by atoms with Crippen LogP contribution in [0.15, 0.2) is 36.4 Å². The third kappa shape index (κ3) is 6.24. The van der Waals surface area contributed by atoms with Crippen molar-refractivity contribution in [2.75, 3.05) is 30.3 Å². The van der Waals surface area contributed by atoms with E-state index in [1.807, 2.05) is 4.90 Å². The molecular weight excluding hydrogens is 456 g/mol. The third-order valence-electron chi connectivity index (χ3n) is 4.72. The molecule has 0 aliphatic carbocycles. The number of nitrogens with zero attached hydrogens (tertiary/aromatic N) is 1. The number of piperidine rings is 1. The van der Waals surface area contributed by atoms with Gasteiger partial charge < -0.3 is 10.6 Å². The molecule has 0 radical (unpaired) electrons. The Morgan fingerprint density at radius 3 is 1.86 bits per heavy atom. The summed E-state index contributed by atoms with van der Waals surface area (Å²) in [5, 5.41) is 7.34. The van der Waals surface area contributed by atoms with Crippen LogP contribution >= 0.6 is 46.4 Å². The molecule has 0 aromatic heterocycles. The SMILES string of the molecule is O=C(CN1CCC(C(=O)Nc2ccc(Cl)c(Cl)c2)CC1)Nc1ccc(Cl)c(Cl)c1. The summed E-state index contributed by atoms with van der Waals surface area (Å²) in [6, 6.07) is 9.94. The molecule has 29 heavy (non-hydrogen) atoms. The van der Waals surface area contributed by atoms with E-state index >= 15 is 0 Å². The van der Waals surface area contributed by atoms with Crippen molar-refractivity contribution in [1.82, 2.24) is 4.90 Å². The molecule has 2 amide bonds. The average Bonchev–Trinajstić information content (AvgIpc) is 2.68.